The molecule has 1 N–H and O–H groups in total. The van der Waals surface area contributed by atoms with Crippen molar-refractivity contribution in [3.63, 3.8) is 0 Å². The summed E-state index contributed by atoms with van der Waals surface area (Å²) in [7, 11) is 1.46. The maximum atomic E-state index is 12.6. The van der Waals surface area contributed by atoms with Crippen molar-refractivity contribution in [2.45, 2.75) is 6.92 Å². The van der Waals surface area contributed by atoms with Gasteiger partial charge in [0.1, 0.15) is 0 Å². The van der Waals surface area contributed by atoms with Crippen molar-refractivity contribution in [2.24, 2.45) is 7.05 Å². The second-order valence-corrected chi connectivity index (χ2v) is 2.10. The van der Waals surface area contributed by atoms with Gasteiger partial charge in [0.2, 0.25) is 5.62 Å². The summed E-state index contributed by atoms with van der Waals surface area (Å²) in [5.41, 5.74) is 0.470. The van der Waals surface area contributed by atoms with E-state index in [0.29, 0.717) is 5.69 Å². The summed E-state index contributed by atoms with van der Waals surface area (Å²) in [5, 5.41) is 7.11. The van der Waals surface area contributed by atoms with Gasteiger partial charge in [0.15, 0.2) is 5.95 Å². The summed E-state index contributed by atoms with van der Waals surface area (Å²) in [4.78, 5) is 3.72. The summed E-state index contributed by atoms with van der Waals surface area (Å²) in [6.07, 6.45) is 0. The molecule has 1 aromatic heterocycles. The van der Waals surface area contributed by atoms with Crippen LogP contribution in [0.25, 0.3) is 0 Å². The van der Waals surface area contributed by atoms with E-state index in [9.17, 15) is 4.39 Å². The van der Waals surface area contributed by atoms with Gasteiger partial charge in [-0.2, -0.15) is 4.39 Å². The minimum absolute atomic E-state index is 0.0579. The molecule has 54 valence electrons. The third-order valence-electron chi connectivity index (χ3n) is 1.25. The van der Waals surface area contributed by atoms with Crippen molar-refractivity contribution in [3.8, 4) is 0 Å². The Morgan fingerprint density at radius 2 is 2.30 bits per heavy atom. The highest BCUT2D eigenvalue weighted by Crippen LogP contribution is 1.92. The largest absolute Gasteiger partial charge is 0.290 e. The van der Waals surface area contributed by atoms with Crippen molar-refractivity contribution in [1.29, 1.82) is 5.41 Å². The first-order valence-electron chi connectivity index (χ1n) is 2.86. The van der Waals surface area contributed by atoms with E-state index in [1.807, 2.05) is 0 Å². The van der Waals surface area contributed by atoms with Crippen LogP contribution in [0.3, 0.4) is 0 Å². The third-order valence-corrected chi connectivity index (χ3v) is 1.25. The topological polar surface area (TPSA) is 41.7 Å². The molecule has 0 unspecified atom stereocenters. The van der Waals surface area contributed by atoms with Gasteiger partial charge in [0.25, 0.3) is 0 Å². The molecule has 0 fully saturated rings. The van der Waals surface area contributed by atoms with Crippen LogP contribution in [0.2, 0.25) is 0 Å². The van der Waals surface area contributed by atoms with Gasteiger partial charge < -0.3 is 0 Å². The van der Waals surface area contributed by atoms with Gasteiger partial charge in [-0.1, -0.05) is 0 Å². The van der Waals surface area contributed by atoms with E-state index >= 15 is 0 Å². The summed E-state index contributed by atoms with van der Waals surface area (Å²) in [5.74, 6) is -0.433. The van der Waals surface area contributed by atoms with Crippen molar-refractivity contribution >= 4 is 0 Å². The molecular formula is C6H8FN3. The Balaban J connectivity index is 3.46. The van der Waals surface area contributed by atoms with Crippen LogP contribution in [-0.4, -0.2) is 9.55 Å². The van der Waals surface area contributed by atoms with E-state index in [0.717, 1.165) is 4.57 Å². The van der Waals surface area contributed by atoms with Crippen LogP contribution in [0, 0.1) is 18.3 Å². The Kier molecular flexibility index (Phi) is 1.53. The lowest BCUT2D eigenvalue weighted by molar-refractivity contribution is 0.496. The fourth-order valence-corrected chi connectivity index (χ4v) is 0.645. The number of aryl methyl sites for hydroxylation is 1. The molecule has 0 saturated carbocycles. The van der Waals surface area contributed by atoms with Crippen LogP contribution < -0.4 is 5.62 Å². The molecular weight excluding hydrogens is 133 g/mol. The van der Waals surface area contributed by atoms with Gasteiger partial charge in [0.05, 0.1) is 0 Å². The lowest BCUT2D eigenvalue weighted by Crippen LogP contribution is -2.23. The average Bonchev–Trinajstić information content (AvgIpc) is 1.82. The van der Waals surface area contributed by atoms with E-state index in [1.165, 1.54) is 13.1 Å². The van der Waals surface area contributed by atoms with E-state index in [2.05, 4.69) is 4.98 Å². The van der Waals surface area contributed by atoms with Crippen molar-refractivity contribution < 1.29 is 4.39 Å². The lowest BCUT2D eigenvalue weighted by atomic mass is 10.4. The molecule has 0 aliphatic rings. The highest BCUT2D eigenvalue weighted by Gasteiger charge is 1.96. The summed E-state index contributed by atoms with van der Waals surface area (Å²) < 4.78 is 13.7. The highest BCUT2D eigenvalue weighted by atomic mass is 19.1. The number of hydrogen-bond donors (Lipinski definition) is 1. The van der Waals surface area contributed by atoms with Crippen LogP contribution in [0.5, 0.6) is 0 Å². The molecule has 0 aromatic carbocycles. The van der Waals surface area contributed by atoms with Gasteiger partial charge >= 0.3 is 0 Å². The highest BCUT2D eigenvalue weighted by molar-refractivity contribution is 4.96. The summed E-state index contributed by atoms with van der Waals surface area (Å²) in [6, 6.07) is 1.29. The normalized spacial score (nSPS) is 9.90. The molecule has 0 radical (unpaired) electrons. The summed E-state index contributed by atoms with van der Waals surface area (Å²) in [6.45, 7) is 1.65. The standard InChI is InChI=1S/C6H8FN3/c1-4-3-5(7)10(2)6(8)9-4/h3,8H,1-2H3. The van der Waals surface area contributed by atoms with E-state index in [1.54, 1.807) is 6.92 Å². The molecule has 0 saturated heterocycles. The number of nitrogens with one attached hydrogen (secondary N) is 1. The zero-order valence-electron chi connectivity index (χ0n) is 5.85. The molecule has 1 heterocycles. The average molecular weight is 141 g/mol. The molecule has 1 aromatic rings. The van der Waals surface area contributed by atoms with Crippen molar-refractivity contribution in [2.75, 3.05) is 0 Å². The molecule has 3 nitrogen and oxygen atoms in total. The van der Waals surface area contributed by atoms with Crippen molar-refractivity contribution in [3.05, 3.63) is 23.3 Å². The van der Waals surface area contributed by atoms with Crippen molar-refractivity contribution in [1.82, 2.24) is 9.55 Å². The van der Waals surface area contributed by atoms with Crippen LogP contribution in [0.15, 0.2) is 6.07 Å². The monoisotopic (exact) mass is 141 g/mol. The quantitative estimate of drug-likeness (QED) is 0.520. The zero-order valence-corrected chi connectivity index (χ0v) is 5.85. The maximum Gasteiger partial charge on any atom is 0.224 e. The molecule has 1 rings (SSSR count). The molecule has 0 aliphatic carbocycles. The summed E-state index contributed by atoms with van der Waals surface area (Å²) >= 11 is 0. The van der Waals surface area contributed by atoms with E-state index in [-0.39, 0.29) is 5.62 Å². The predicted molar refractivity (Wildman–Crippen MR) is 33.8 cm³/mol. The minimum Gasteiger partial charge on any atom is -0.290 e. The zero-order chi connectivity index (χ0) is 7.72. The van der Waals surface area contributed by atoms with E-state index in [4.69, 9.17) is 5.41 Å². The molecule has 0 bridgehead atoms. The Morgan fingerprint density at radius 1 is 1.70 bits per heavy atom. The van der Waals surface area contributed by atoms with E-state index < -0.39 is 5.95 Å². The molecule has 10 heavy (non-hydrogen) atoms. The number of hydrogen-bond acceptors (Lipinski definition) is 2. The molecule has 0 atom stereocenters. The van der Waals surface area contributed by atoms with Gasteiger partial charge in [-0.15, -0.1) is 0 Å². The van der Waals surface area contributed by atoms with Crippen LogP contribution in [0.1, 0.15) is 5.69 Å². The lowest BCUT2D eigenvalue weighted by Gasteiger charge is -1.99. The fraction of sp³-hybridized carbons (Fsp3) is 0.333. The second-order valence-electron chi connectivity index (χ2n) is 2.10. The Morgan fingerprint density at radius 3 is 2.80 bits per heavy atom. The molecule has 0 aliphatic heterocycles. The first kappa shape index (κ1) is 6.92. The smallest absolute Gasteiger partial charge is 0.224 e. The Labute approximate surface area is 57.7 Å². The maximum absolute atomic E-state index is 12.6. The number of aromatic nitrogens is 2. The van der Waals surface area contributed by atoms with Crippen LogP contribution in [0.4, 0.5) is 4.39 Å². The molecule has 0 amide bonds. The Bertz CT molecular complexity index is 302. The van der Waals surface area contributed by atoms with Gasteiger partial charge in [-0.05, 0) is 6.92 Å². The first-order chi connectivity index (χ1) is 4.61. The number of halogens is 1. The SMILES string of the molecule is Cc1cc(F)n(C)c(=N)n1. The van der Waals surface area contributed by atoms with Gasteiger partial charge in [-0.25, -0.2) is 4.98 Å². The molecule has 4 heteroatoms. The third kappa shape index (κ3) is 1.05. The second kappa shape index (κ2) is 2.21. The molecule has 0 spiro atoms. The van der Waals surface area contributed by atoms with Crippen LogP contribution >= 0.6 is 0 Å². The Hall–Kier alpha value is -1.19. The number of rotatable bonds is 0. The number of nitrogens with zero attached hydrogens (tertiary/aromatic N) is 2. The minimum atomic E-state index is -0.433. The van der Waals surface area contributed by atoms with Gasteiger partial charge in [-0.3, -0.25) is 9.98 Å². The van der Waals surface area contributed by atoms with Gasteiger partial charge in [0, 0.05) is 18.8 Å². The fourth-order valence-electron chi connectivity index (χ4n) is 0.645. The van der Waals surface area contributed by atoms with Crippen LogP contribution in [-0.2, 0) is 7.05 Å². The predicted octanol–water partition coefficient (Wildman–Crippen LogP) is 0.347. The first-order valence-corrected chi connectivity index (χ1v) is 2.86.